The van der Waals surface area contributed by atoms with Gasteiger partial charge in [-0.1, -0.05) is 12.1 Å². The first-order valence-electron chi connectivity index (χ1n) is 11.4. The van der Waals surface area contributed by atoms with Gasteiger partial charge in [0.1, 0.15) is 17.1 Å². The van der Waals surface area contributed by atoms with Gasteiger partial charge < -0.3 is 19.9 Å². The predicted molar refractivity (Wildman–Crippen MR) is 129 cm³/mol. The van der Waals surface area contributed by atoms with Gasteiger partial charge in [0.25, 0.3) is 5.91 Å². The maximum atomic E-state index is 13.2. The molecule has 1 N–H and O–H groups in total. The summed E-state index contributed by atoms with van der Waals surface area (Å²) >= 11 is 0. The first kappa shape index (κ1) is 21.2. The molecule has 7 nitrogen and oxygen atoms in total. The number of aryl methyl sites for hydroxylation is 2. The van der Waals surface area contributed by atoms with Crippen LogP contribution in [0.15, 0.2) is 42.5 Å². The molecule has 1 saturated heterocycles. The molecule has 1 fully saturated rings. The summed E-state index contributed by atoms with van der Waals surface area (Å²) in [6, 6.07) is 13.7. The first-order chi connectivity index (χ1) is 16.0. The molecule has 0 bridgehead atoms. The van der Waals surface area contributed by atoms with E-state index in [9.17, 15) is 9.59 Å². The highest BCUT2D eigenvalue weighted by Gasteiger charge is 2.24. The number of rotatable bonds is 3. The van der Waals surface area contributed by atoms with E-state index in [1.807, 2.05) is 35.2 Å². The zero-order valence-corrected chi connectivity index (χ0v) is 19.1. The fraction of sp³-hybridized carbons (Fsp3) is 0.346. The number of anilines is 2. The highest BCUT2D eigenvalue weighted by Crippen LogP contribution is 2.30. The molecule has 33 heavy (non-hydrogen) atoms. The second kappa shape index (κ2) is 8.73. The summed E-state index contributed by atoms with van der Waals surface area (Å²) in [6.45, 7) is 4.81. The van der Waals surface area contributed by atoms with Crippen molar-refractivity contribution in [1.82, 2.24) is 9.88 Å². The van der Waals surface area contributed by atoms with Crippen molar-refractivity contribution < 1.29 is 14.3 Å². The van der Waals surface area contributed by atoms with Crippen LogP contribution in [0.5, 0.6) is 5.75 Å². The second-order valence-electron chi connectivity index (χ2n) is 8.71. The van der Waals surface area contributed by atoms with E-state index in [1.165, 1.54) is 0 Å². The number of fused-ring (bicyclic) bond motifs is 2. The second-order valence-corrected chi connectivity index (χ2v) is 8.71. The van der Waals surface area contributed by atoms with Crippen molar-refractivity contribution in [3.05, 3.63) is 59.2 Å². The highest BCUT2D eigenvalue weighted by molar-refractivity contribution is 5.97. The number of nitrogens with zero attached hydrogens (tertiary/aromatic N) is 3. The Labute approximate surface area is 193 Å². The summed E-state index contributed by atoms with van der Waals surface area (Å²) < 4.78 is 5.52. The number of para-hydroxylation sites is 1. The van der Waals surface area contributed by atoms with E-state index < -0.39 is 0 Å². The van der Waals surface area contributed by atoms with E-state index in [0.29, 0.717) is 25.1 Å². The first-order valence-corrected chi connectivity index (χ1v) is 11.4. The molecule has 3 heterocycles. The molecule has 1 aromatic heterocycles. The smallest absolute Gasteiger partial charge is 0.253 e. The Hall–Kier alpha value is -3.61. The molecule has 3 aromatic rings. The van der Waals surface area contributed by atoms with Gasteiger partial charge in [-0.2, -0.15) is 0 Å². The lowest BCUT2D eigenvalue weighted by molar-refractivity contribution is -0.116. The van der Waals surface area contributed by atoms with Crippen molar-refractivity contribution in [3.63, 3.8) is 0 Å². The summed E-state index contributed by atoms with van der Waals surface area (Å²) in [5.74, 6) is 1.76. The number of carbonyl (C=O) groups excluding carboxylic acids is 2. The number of hydrogen-bond acceptors (Lipinski definition) is 5. The standard InChI is InChI=1S/C26H28N4O3/c1-17-15-23(28-25-20(17)6-4-7-22(25)33-2)29-11-13-30(14-12-29)26(32)19-9-10-21-18(16-19)5-3-8-24(31)27-21/h4,6-7,9-10,15-16H,3,5,8,11-14H2,1-2H3,(H,27,31). The van der Waals surface area contributed by atoms with E-state index in [0.717, 1.165) is 65.2 Å². The zero-order chi connectivity index (χ0) is 22.9. The lowest BCUT2D eigenvalue weighted by atomic mass is 10.0. The number of hydrogen-bond donors (Lipinski definition) is 1. The number of aromatic nitrogens is 1. The molecule has 0 unspecified atom stereocenters. The Morgan fingerprint density at radius 2 is 1.88 bits per heavy atom. The van der Waals surface area contributed by atoms with E-state index in [4.69, 9.17) is 9.72 Å². The van der Waals surface area contributed by atoms with Crippen LogP contribution in [0.3, 0.4) is 0 Å². The van der Waals surface area contributed by atoms with Crippen molar-refractivity contribution in [2.24, 2.45) is 0 Å². The van der Waals surface area contributed by atoms with Gasteiger partial charge in [0.05, 0.1) is 7.11 Å². The normalized spacial score (nSPS) is 16.2. The van der Waals surface area contributed by atoms with Crippen LogP contribution in [0.4, 0.5) is 11.5 Å². The SMILES string of the molecule is COc1cccc2c(C)cc(N3CCN(C(=O)c4ccc5c(c4)CCCC(=O)N5)CC3)nc12. The Bertz CT molecular complexity index is 1230. The van der Waals surface area contributed by atoms with E-state index >= 15 is 0 Å². The van der Waals surface area contributed by atoms with Gasteiger partial charge in [-0.15, -0.1) is 0 Å². The number of amides is 2. The Balaban J connectivity index is 1.31. The fourth-order valence-electron chi connectivity index (χ4n) is 4.73. The summed E-state index contributed by atoms with van der Waals surface area (Å²) in [5.41, 5.74) is 4.57. The van der Waals surface area contributed by atoms with Gasteiger partial charge in [-0.3, -0.25) is 9.59 Å². The number of piperazine rings is 1. The van der Waals surface area contributed by atoms with Gasteiger partial charge in [0, 0.05) is 49.2 Å². The molecule has 2 aromatic carbocycles. The van der Waals surface area contributed by atoms with Crippen LogP contribution in [0.25, 0.3) is 10.9 Å². The molecule has 2 aliphatic rings. The average molecular weight is 445 g/mol. The summed E-state index contributed by atoms with van der Waals surface area (Å²) in [4.78, 5) is 34.0. The lowest BCUT2D eigenvalue weighted by Gasteiger charge is -2.35. The summed E-state index contributed by atoms with van der Waals surface area (Å²) in [6.07, 6.45) is 2.13. The van der Waals surface area contributed by atoms with E-state index in [1.54, 1.807) is 7.11 Å². The van der Waals surface area contributed by atoms with Crippen molar-refractivity contribution in [2.45, 2.75) is 26.2 Å². The van der Waals surface area contributed by atoms with Crippen LogP contribution in [0, 0.1) is 6.92 Å². The third-order valence-corrected chi connectivity index (χ3v) is 6.58. The maximum Gasteiger partial charge on any atom is 0.253 e. The molecular weight excluding hydrogens is 416 g/mol. The summed E-state index contributed by atoms with van der Waals surface area (Å²) in [5, 5.41) is 4.02. The monoisotopic (exact) mass is 444 g/mol. The van der Waals surface area contributed by atoms with E-state index in [-0.39, 0.29) is 11.8 Å². The topological polar surface area (TPSA) is 74.8 Å². The van der Waals surface area contributed by atoms with Crippen LogP contribution in [-0.2, 0) is 11.2 Å². The maximum absolute atomic E-state index is 13.2. The molecule has 0 spiro atoms. The number of carbonyl (C=O) groups is 2. The van der Waals surface area contributed by atoms with Crippen molar-refractivity contribution in [2.75, 3.05) is 43.5 Å². The minimum absolute atomic E-state index is 0.0392. The lowest BCUT2D eigenvalue weighted by Crippen LogP contribution is -2.49. The number of methoxy groups -OCH3 is 1. The molecule has 0 saturated carbocycles. The molecule has 0 aliphatic carbocycles. The quantitative estimate of drug-likeness (QED) is 0.665. The Kier molecular flexibility index (Phi) is 5.62. The Morgan fingerprint density at radius 1 is 1.06 bits per heavy atom. The molecule has 2 aliphatic heterocycles. The molecule has 170 valence electrons. The van der Waals surface area contributed by atoms with Crippen LogP contribution in [-0.4, -0.2) is 55.0 Å². The van der Waals surface area contributed by atoms with Crippen molar-refractivity contribution in [3.8, 4) is 5.75 Å². The molecule has 5 rings (SSSR count). The minimum atomic E-state index is 0.0392. The summed E-state index contributed by atoms with van der Waals surface area (Å²) in [7, 11) is 1.67. The number of nitrogens with one attached hydrogen (secondary N) is 1. The van der Waals surface area contributed by atoms with Crippen LogP contribution >= 0.6 is 0 Å². The largest absolute Gasteiger partial charge is 0.494 e. The number of pyridine rings is 1. The highest BCUT2D eigenvalue weighted by atomic mass is 16.5. The van der Waals surface area contributed by atoms with E-state index in [2.05, 4.69) is 29.3 Å². The van der Waals surface area contributed by atoms with Gasteiger partial charge in [-0.25, -0.2) is 4.98 Å². The molecular formula is C26H28N4O3. The molecule has 7 heteroatoms. The third kappa shape index (κ3) is 4.11. The van der Waals surface area contributed by atoms with Crippen LogP contribution in [0.1, 0.15) is 34.3 Å². The Morgan fingerprint density at radius 3 is 2.67 bits per heavy atom. The average Bonchev–Trinajstić information content (AvgIpc) is 3.03. The third-order valence-electron chi connectivity index (χ3n) is 6.58. The van der Waals surface area contributed by atoms with Crippen molar-refractivity contribution >= 4 is 34.2 Å². The van der Waals surface area contributed by atoms with Gasteiger partial charge in [0.2, 0.25) is 5.91 Å². The van der Waals surface area contributed by atoms with Gasteiger partial charge in [-0.05, 0) is 61.2 Å². The molecule has 0 radical (unpaired) electrons. The molecule has 0 atom stereocenters. The fourth-order valence-corrected chi connectivity index (χ4v) is 4.73. The van der Waals surface area contributed by atoms with Crippen LogP contribution in [0.2, 0.25) is 0 Å². The van der Waals surface area contributed by atoms with Crippen molar-refractivity contribution in [1.29, 1.82) is 0 Å². The minimum Gasteiger partial charge on any atom is -0.494 e. The number of ether oxygens (including phenoxy) is 1. The number of benzene rings is 2. The van der Waals surface area contributed by atoms with Gasteiger partial charge >= 0.3 is 0 Å². The van der Waals surface area contributed by atoms with Gasteiger partial charge in [0.15, 0.2) is 0 Å². The van der Waals surface area contributed by atoms with Crippen LogP contribution < -0.4 is 15.0 Å². The predicted octanol–water partition coefficient (Wildman–Crippen LogP) is 3.79. The zero-order valence-electron chi connectivity index (χ0n) is 19.1. The molecule has 2 amide bonds.